The Hall–Kier alpha value is -0.650. The predicted molar refractivity (Wildman–Crippen MR) is 65.7 cm³/mol. The zero-order chi connectivity index (χ0) is 12.7. The van der Waals surface area contributed by atoms with E-state index in [1.807, 2.05) is 13.8 Å². The van der Waals surface area contributed by atoms with Crippen molar-refractivity contribution >= 4 is 5.91 Å². The summed E-state index contributed by atoms with van der Waals surface area (Å²) in [6.07, 6.45) is 3.04. The van der Waals surface area contributed by atoms with Crippen molar-refractivity contribution in [3.8, 4) is 0 Å². The molecule has 1 rings (SSSR count). The van der Waals surface area contributed by atoms with Gasteiger partial charge in [0.25, 0.3) is 0 Å². The Bertz CT molecular complexity index is 228. The Morgan fingerprint density at radius 2 is 2.35 bits per heavy atom. The molecule has 2 unspecified atom stereocenters. The van der Waals surface area contributed by atoms with Crippen molar-refractivity contribution in [3.05, 3.63) is 0 Å². The third kappa shape index (κ3) is 6.00. The van der Waals surface area contributed by atoms with Crippen molar-refractivity contribution in [1.82, 2.24) is 5.32 Å². The molecule has 1 heterocycles. The lowest BCUT2D eigenvalue weighted by Gasteiger charge is -2.18. The van der Waals surface area contributed by atoms with Gasteiger partial charge in [-0.05, 0) is 19.3 Å². The third-order valence-electron chi connectivity index (χ3n) is 2.76. The Kier molecular flexibility index (Phi) is 6.47. The molecule has 2 atom stereocenters. The summed E-state index contributed by atoms with van der Waals surface area (Å²) in [6, 6.07) is -0.0647. The highest BCUT2D eigenvalue weighted by atomic mass is 16.5. The quantitative estimate of drug-likeness (QED) is 0.607. The van der Waals surface area contributed by atoms with Crippen molar-refractivity contribution in [1.29, 1.82) is 0 Å². The summed E-state index contributed by atoms with van der Waals surface area (Å²) in [5, 5.41) is 3.12. The number of ether oxygens (including phenoxy) is 2. The summed E-state index contributed by atoms with van der Waals surface area (Å²) in [6.45, 7) is 5.97. The highest BCUT2D eigenvalue weighted by Crippen LogP contribution is 2.12. The van der Waals surface area contributed by atoms with Crippen LogP contribution in [0.15, 0.2) is 0 Å². The first-order valence-corrected chi connectivity index (χ1v) is 6.34. The molecule has 1 aliphatic heterocycles. The fraction of sp³-hybridized carbons (Fsp3) is 0.917. The molecule has 3 N–H and O–H groups in total. The number of primary amides is 1. The Morgan fingerprint density at radius 3 is 2.88 bits per heavy atom. The van der Waals surface area contributed by atoms with Gasteiger partial charge in [0, 0.05) is 19.3 Å². The van der Waals surface area contributed by atoms with E-state index in [2.05, 4.69) is 5.32 Å². The van der Waals surface area contributed by atoms with Crippen LogP contribution in [-0.2, 0) is 14.3 Å². The minimum Gasteiger partial charge on any atom is -0.379 e. The summed E-state index contributed by atoms with van der Waals surface area (Å²) in [4.78, 5) is 11.2. The lowest BCUT2D eigenvalue weighted by atomic mass is 10.2. The van der Waals surface area contributed by atoms with Gasteiger partial charge in [-0.25, -0.2) is 0 Å². The minimum atomic E-state index is -0.320. The number of amides is 1. The number of rotatable bonds is 8. The Morgan fingerprint density at radius 1 is 1.59 bits per heavy atom. The molecule has 1 aliphatic rings. The van der Waals surface area contributed by atoms with Crippen LogP contribution >= 0.6 is 0 Å². The lowest BCUT2D eigenvalue weighted by molar-refractivity contribution is -0.120. The van der Waals surface area contributed by atoms with Crippen LogP contribution in [0.2, 0.25) is 0 Å². The molecule has 0 spiro atoms. The van der Waals surface area contributed by atoms with E-state index in [0.29, 0.717) is 19.6 Å². The predicted octanol–water partition coefficient (Wildman–Crippen LogP) is 0.424. The first-order valence-electron chi connectivity index (χ1n) is 6.34. The van der Waals surface area contributed by atoms with Gasteiger partial charge in [-0.3, -0.25) is 4.79 Å². The summed E-state index contributed by atoms with van der Waals surface area (Å²) in [5.41, 5.74) is 5.31. The molecule has 100 valence electrons. The Balaban J connectivity index is 2.11. The maximum Gasteiger partial charge on any atom is 0.234 e. The van der Waals surface area contributed by atoms with E-state index in [1.165, 1.54) is 0 Å². The summed E-state index contributed by atoms with van der Waals surface area (Å²) < 4.78 is 10.9. The van der Waals surface area contributed by atoms with E-state index in [-0.39, 0.29) is 24.1 Å². The first-order chi connectivity index (χ1) is 8.09. The highest BCUT2D eigenvalue weighted by molar-refractivity contribution is 5.79. The molecule has 0 saturated carbocycles. The number of hydrogen-bond acceptors (Lipinski definition) is 4. The average Bonchev–Trinajstić information content (AvgIpc) is 2.74. The van der Waals surface area contributed by atoms with Crippen LogP contribution in [0.5, 0.6) is 0 Å². The minimum absolute atomic E-state index is 0.236. The second kappa shape index (κ2) is 7.63. The second-order valence-electron chi connectivity index (χ2n) is 4.77. The molecule has 0 bridgehead atoms. The van der Waals surface area contributed by atoms with Crippen LogP contribution in [-0.4, -0.2) is 43.9 Å². The SMILES string of the molecule is CC(C)NC(CCOCC1CCCO1)C(N)=O. The van der Waals surface area contributed by atoms with Crippen LogP contribution in [0.4, 0.5) is 0 Å². The fourth-order valence-electron chi connectivity index (χ4n) is 1.90. The zero-order valence-electron chi connectivity index (χ0n) is 10.8. The molecule has 0 aromatic heterocycles. The Labute approximate surface area is 103 Å². The average molecular weight is 244 g/mol. The van der Waals surface area contributed by atoms with E-state index in [4.69, 9.17) is 15.2 Å². The van der Waals surface area contributed by atoms with Crippen LogP contribution in [0.3, 0.4) is 0 Å². The van der Waals surface area contributed by atoms with Crippen molar-refractivity contribution < 1.29 is 14.3 Å². The lowest BCUT2D eigenvalue weighted by Crippen LogP contribution is -2.45. The van der Waals surface area contributed by atoms with Gasteiger partial charge < -0.3 is 20.5 Å². The molecular formula is C12H24N2O3. The molecule has 5 nitrogen and oxygen atoms in total. The summed E-state index contributed by atoms with van der Waals surface area (Å²) in [7, 11) is 0. The smallest absolute Gasteiger partial charge is 0.234 e. The second-order valence-corrected chi connectivity index (χ2v) is 4.77. The van der Waals surface area contributed by atoms with Gasteiger partial charge in [-0.2, -0.15) is 0 Å². The van der Waals surface area contributed by atoms with Gasteiger partial charge in [0.15, 0.2) is 0 Å². The number of hydrogen-bond donors (Lipinski definition) is 2. The van der Waals surface area contributed by atoms with E-state index >= 15 is 0 Å². The van der Waals surface area contributed by atoms with E-state index < -0.39 is 0 Å². The van der Waals surface area contributed by atoms with Gasteiger partial charge >= 0.3 is 0 Å². The van der Waals surface area contributed by atoms with E-state index in [1.54, 1.807) is 0 Å². The number of nitrogens with two attached hydrogens (primary N) is 1. The molecule has 0 aromatic carbocycles. The van der Waals surface area contributed by atoms with Crippen LogP contribution in [0, 0.1) is 0 Å². The molecular weight excluding hydrogens is 220 g/mol. The third-order valence-corrected chi connectivity index (χ3v) is 2.76. The van der Waals surface area contributed by atoms with E-state index in [9.17, 15) is 4.79 Å². The van der Waals surface area contributed by atoms with Gasteiger partial charge in [-0.1, -0.05) is 13.8 Å². The summed E-state index contributed by atoms with van der Waals surface area (Å²) in [5.74, 6) is -0.320. The largest absolute Gasteiger partial charge is 0.379 e. The molecule has 1 fully saturated rings. The molecule has 1 saturated heterocycles. The first kappa shape index (κ1) is 14.4. The van der Waals surface area contributed by atoms with Crippen molar-refractivity contribution in [2.24, 2.45) is 5.73 Å². The van der Waals surface area contributed by atoms with Crippen LogP contribution in [0.25, 0.3) is 0 Å². The monoisotopic (exact) mass is 244 g/mol. The highest BCUT2D eigenvalue weighted by Gasteiger charge is 2.18. The van der Waals surface area contributed by atoms with Gasteiger partial charge in [0.05, 0.1) is 18.8 Å². The zero-order valence-corrected chi connectivity index (χ0v) is 10.8. The molecule has 0 aliphatic carbocycles. The number of carbonyl (C=O) groups excluding carboxylic acids is 1. The van der Waals surface area contributed by atoms with Crippen molar-refractivity contribution in [3.63, 3.8) is 0 Å². The fourth-order valence-corrected chi connectivity index (χ4v) is 1.90. The number of nitrogens with one attached hydrogen (secondary N) is 1. The van der Waals surface area contributed by atoms with Crippen molar-refractivity contribution in [2.45, 2.75) is 51.3 Å². The standard InChI is InChI=1S/C12H24N2O3/c1-9(2)14-11(12(13)15)5-7-16-8-10-4-3-6-17-10/h9-11,14H,3-8H2,1-2H3,(H2,13,15). The topological polar surface area (TPSA) is 73.6 Å². The van der Waals surface area contributed by atoms with Crippen molar-refractivity contribution in [2.75, 3.05) is 19.8 Å². The van der Waals surface area contributed by atoms with Gasteiger partial charge in [0.1, 0.15) is 0 Å². The molecule has 0 aromatic rings. The molecule has 1 amide bonds. The molecule has 5 heteroatoms. The number of carbonyl (C=O) groups is 1. The maximum absolute atomic E-state index is 11.2. The maximum atomic E-state index is 11.2. The van der Waals surface area contributed by atoms with Gasteiger partial charge in [0.2, 0.25) is 5.91 Å². The molecule has 0 radical (unpaired) electrons. The normalized spacial score (nSPS) is 21.9. The van der Waals surface area contributed by atoms with Crippen LogP contribution < -0.4 is 11.1 Å². The van der Waals surface area contributed by atoms with Crippen LogP contribution in [0.1, 0.15) is 33.1 Å². The molecule has 17 heavy (non-hydrogen) atoms. The van der Waals surface area contributed by atoms with E-state index in [0.717, 1.165) is 19.4 Å². The summed E-state index contributed by atoms with van der Waals surface area (Å²) >= 11 is 0. The van der Waals surface area contributed by atoms with Gasteiger partial charge in [-0.15, -0.1) is 0 Å².